The van der Waals surface area contributed by atoms with Gasteiger partial charge in [-0.05, 0) is 68.1 Å². The number of rotatable bonds is 6. The Labute approximate surface area is 198 Å². The van der Waals surface area contributed by atoms with E-state index < -0.39 is 22.6 Å². The number of anilines is 3. The second kappa shape index (κ2) is 9.51. The van der Waals surface area contributed by atoms with Crippen LogP contribution in [0.2, 0.25) is 0 Å². The molecule has 0 heterocycles. The second-order valence-electron chi connectivity index (χ2n) is 8.31. The molecule has 0 atom stereocenters. The van der Waals surface area contributed by atoms with Gasteiger partial charge in [0.1, 0.15) is 17.1 Å². The van der Waals surface area contributed by atoms with Crippen LogP contribution in [0, 0.1) is 22.7 Å². The van der Waals surface area contributed by atoms with Crippen molar-refractivity contribution >= 4 is 17.1 Å². The molecule has 0 aliphatic heterocycles. The Balaban J connectivity index is 1.41. The number of halogens is 3. The average molecular weight is 480 g/mol. The Morgan fingerprint density at radius 3 is 2.09 bits per heavy atom. The number of hydrogen-bond acceptors (Lipinski definition) is 7. The van der Waals surface area contributed by atoms with Crippen molar-refractivity contribution in [2.45, 2.75) is 44.0 Å². The molecule has 1 aliphatic carbocycles. The summed E-state index contributed by atoms with van der Waals surface area (Å²) in [5.74, 6) is 0.659. The summed E-state index contributed by atoms with van der Waals surface area (Å²) in [7, 11) is 0. The Kier molecular flexibility index (Phi) is 6.48. The molecule has 4 rings (SSSR count). The summed E-state index contributed by atoms with van der Waals surface area (Å²) in [5, 5.41) is 23.5. The fraction of sp³-hybridized carbons (Fsp3) is 0.280. The average Bonchev–Trinajstić information content (AvgIpc) is 2.86. The molecule has 1 fully saturated rings. The van der Waals surface area contributed by atoms with E-state index in [0.717, 1.165) is 6.07 Å². The maximum absolute atomic E-state index is 13.1. The van der Waals surface area contributed by atoms with Gasteiger partial charge in [-0.2, -0.15) is 23.7 Å². The number of benzene rings is 2. The third kappa shape index (κ3) is 5.28. The van der Waals surface area contributed by atoms with Crippen LogP contribution in [0.15, 0.2) is 52.1 Å². The minimum Gasteiger partial charge on any atom is -0.490 e. The molecule has 0 bridgehead atoms. The fourth-order valence-electron chi connectivity index (χ4n) is 4.05. The summed E-state index contributed by atoms with van der Waals surface area (Å²) in [6.45, 7) is 0. The van der Waals surface area contributed by atoms with Crippen LogP contribution < -0.4 is 26.2 Å². The van der Waals surface area contributed by atoms with Gasteiger partial charge >= 0.3 is 6.18 Å². The lowest BCUT2D eigenvalue weighted by atomic mass is 9.92. The lowest BCUT2D eigenvalue weighted by Gasteiger charge is -2.31. The van der Waals surface area contributed by atoms with Gasteiger partial charge in [0.25, 0.3) is 10.9 Å². The van der Waals surface area contributed by atoms with Crippen molar-refractivity contribution in [3.8, 4) is 17.9 Å². The minimum absolute atomic E-state index is 0.0300. The molecule has 35 heavy (non-hydrogen) atoms. The van der Waals surface area contributed by atoms with Gasteiger partial charge in [0, 0.05) is 11.7 Å². The summed E-state index contributed by atoms with van der Waals surface area (Å²) in [4.78, 5) is 24.3. The van der Waals surface area contributed by atoms with Gasteiger partial charge in [0.2, 0.25) is 0 Å². The highest BCUT2D eigenvalue weighted by molar-refractivity contribution is 5.79. The van der Waals surface area contributed by atoms with Crippen LogP contribution in [0.1, 0.15) is 42.4 Å². The van der Waals surface area contributed by atoms with Crippen molar-refractivity contribution in [1.82, 2.24) is 0 Å². The first kappa shape index (κ1) is 23.8. The molecule has 0 spiro atoms. The number of nitriles is 2. The van der Waals surface area contributed by atoms with Crippen molar-refractivity contribution in [2.75, 3.05) is 10.6 Å². The largest absolute Gasteiger partial charge is 0.490 e. The fourth-order valence-corrected chi connectivity index (χ4v) is 4.05. The first-order chi connectivity index (χ1) is 16.7. The molecule has 7 nitrogen and oxygen atoms in total. The van der Waals surface area contributed by atoms with E-state index in [9.17, 15) is 22.8 Å². The molecule has 0 saturated heterocycles. The Bertz CT molecular complexity index is 1390. The number of hydrogen-bond donors (Lipinski definition) is 2. The van der Waals surface area contributed by atoms with Crippen molar-refractivity contribution in [2.24, 2.45) is 0 Å². The molecular weight excluding hydrogens is 461 g/mol. The van der Waals surface area contributed by atoms with Crippen molar-refractivity contribution in [3.05, 3.63) is 79.6 Å². The van der Waals surface area contributed by atoms with Gasteiger partial charge in [0.15, 0.2) is 0 Å². The predicted octanol–water partition coefficient (Wildman–Crippen LogP) is 4.59. The number of nitrogens with one attached hydrogen (secondary N) is 2. The molecule has 1 saturated carbocycles. The normalized spacial score (nSPS) is 17.9. The molecule has 0 amide bonds. The zero-order chi connectivity index (χ0) is 25.2. The standard InChI is InChI=1S/C25H19F3N4O3/c26-25(27,28)16-9-15(13-30)10-18(11-16)32-22-21(23(33)24(22)34)31-17-3-7-20(8-4-17)35-19-5-1-14(12-29)2-6-19/h1-2,5-6,9-11,17,20,31-32H,3-4,7-8H2. The Morgan fingerprint density at radius 1 is 0.857 bits per heavy atom. The third-order valence-electron chi connectivity index (χ3n) is 5.88. The van der Waals surface area contributed by atoms with Crippen LogP contribution in [0.5, 0.6) is 5.75 Å². The summed E-state index contributed by atoms with van der Waals surface area (Å²) in [6.07, 6.45) is -2.02. The maximum Gasteiger partial charge on any atom is 0.416 e. The summed E-state index contributed by atoms with van der Waals surface area (Å²) in [5.41, 5.74) is -2.49. The van der Waals surface area contributed by atoms with E-state index in [2.05, 4.69) is 10.6 Å². The molecular formula is C25H19F3N4O3. The zero-order valence-corrected chi connectivity index (χ0v) is 18.3. The summed E-state index contributed by atoms with van der Waals surface area (Å²) < 4.78 is 45.4. The zero-order valence-electron chi connectivity index (χ0n) is 18.3. The van der Waals surface area contributed by atoms with Crippen LogP contribution in [0.25, 0.3) is 0 Å². The quantitative estimate of drug-likeness (QED) is 0.496. The molecule has 3 aromatic rings. The van der Waals surface area contributed by atoms with Crippen LogP contribution >= 0.6 is 0 Å². The molecule has 0 unspecified atom stereocenters. The highest BCUT2D eigenvalue weighted by atomic mass is 19.4. The summed E-state index contributed by atoms with van der Waals surface area (Å²) >= 11 is 0. The number of alkyl halides is 3. The van der Waals surface area contributed by atoms with Crippen LogP contribution in [0.3, 0.4) is 0 Å². The SMILES string of the molecule is N#Cc1ccc(OC2CCC(Nc3c(Nc4cc(C#N)cc(C(F)(F)F)c4)c(=O)c3=O)CC2)cc1. The van der Waals surface area contributed by atoms with E-state index in [1.165, 1.54) is 6.07 Å². The lowest BCUT2D eigenvalue weighted by Crippen LogP contribution is -2.40. The molecule has 178 valence electrons. The summed E-state index contributed by atoms with van der Waals surface area (Å²) in [6, 6.07) is 13.1. The third-order valence-corrected chi connectivity index (χ3v) is 5.88. The topological polar surface area (TPSA) is 115 Å². The number of nitrogens with zero attached hydrogens (tertiary/aromatic N) is 2. The minimum atomic E-state index is -4.67. The first-order valence-electron chi connectivity index (χ1n) is 10.8. The van der Waals surface area contributed by atoms with Gasteiger partial charge in [-0.3, -0.25) is 9.59 Å². The van der Waals surface area contributed by atoms with Gasteiger partial charge in [-0.15, -0.1) is 0 Å². The molecule has 0 aromatic heterocycles. The lowest BCUT2D eigenvalue weighted by molar-refractivity contribution is -0.137. The van der Waals surface area contributed by atoms with Crippen LogP contribution in [-0.2, 0) is 6.18 Å². The predicted molar refractivity (Wildman–Crippen MR) is 122 cm³/mol. The van der Waals surface area contributed by atoms with Gasteiger partial charge in [-0.1, -0.05) is 0 Å². The van der Waals surface area contributed by atoms with Gasteiger partial charge < -0.3 is 15.4 Å². The van der Waals surface area contributed by atoms with Crippen LogP contribution in [0.4, 0.5) is 30.2 Å². The smallest absolute Gasteiger partial charge is 0.416 e. The number of ether oxygens (including phenoxy) is 1. The van der Waals surface area contributed by atoms with Crippen molar-refractivity contribution in [3.63, 3.8) is 0 Å². The molecule has 1 aliphatic rings. The second-order valence-corrected chi connectivity index (χ2v) is 8.31. The van der Waals surface area contributed by atoms with Crippen LogP contribution in [-0.4, -0.2) is 12.1 Å². The van der Waals surface area contributed by atoms with Gasteiger partial charge in [0.05, 0.1) is 34.9 Å². The van der Waals surface area contributed by atoms with E-state index in [1.807, 2.05) is 6.07 Å². The highest BCUT2D eigenvalue weighted by Crippen LogP contribution is 2.34. The van der Waals surface area contributed by atoms with Gasteiger partial charge in [-0.25, -0.2) is 0 Å². The van der Waals surface area contributed by atoms with E-state index in [-0.39, 0.29) is 34.8 Å². The highest BCUT2D eigenvalue weighted by Gasteiger charge is 2.32. The molecule has 2 N–H and O–H groups in total. The molecule has 10 heteroatoms. The first-order valence-corrected chi connectivity index (χ1v) is 10.8. The Hall–Kier alpha value is -4.31. The molecule has 0 radical (unpaired) electrons. The van der Waals surface area contributed by atoms with E-state index >= 15 is 0 Å². The maximum atomic E-state index is 13.1. The van der Waals surface area contributed by atoms with E-state index in [0.29, 0.717) is 43.1 Å². The monoisotopic (exact) mass is 480 g/mol. The van der Waals surface area contributed by atoms with Crippen molar-refractivity contribution < 1.29 is 17.9 Å². The molecule has 3 aromatic carbocycles. The van der Waals surface area contributed by atoms with Crippen molar-refractivity contribution in [1.29, 1.82) is 10.5 Å². The Morgan fingerprint density at radius 2 is 1.49 bits per heavy atom. The van der Waals surface area contributed by atoms with E-state index in [4.69, 9.17) is 15.3 Å². The van der Waals surface area contributed by atoms with E-state index in [1.54, 1.807) is 30.3 Å².